The monoisotopic (exact) mass is 330 g/mol. The number of benzene rings is 1. The average Bonchev–Trinajstić information content (AvgIpc) is 2.98. The summed E-state index contributed by atoms with van der Waals surface area (Å²) in [4.78, 5) is 23.9. The number of carbonyl (C=O) groups excluding carboxylic acids is 2. The number of nitrogens with one attached hydrogen (secondary N) is 2. The van der Waals surface area contributed by atoms with Crippen LogP contribution in [0.25, 0.3) is 0 Å². The Bertz CT molecular complexity index is 688. The van der Waals surface area contributed by atoms with Gasteiger partial charge in [-0.2, -0.15) is 0 Å². The van der Waals surface area contributed by atoms with Gasteiger partial charge in [0.2, 0.25) is 11.8 Å². The maximum atomic E-state index is 12.7. The van der Waals surface area contributed by atoms with Gasteiger partial charge in [-0.25, -0.2) is 0 Å². The third-order valence-electron chi connectivity index (χ3n) is 4.48. The molecule has 2 rings (SSSR count). The molecule has 1 fully saturated rings. The summed E-state index contributed by atoms with van der Waals surface area (Å²) in [6.07, 6.45) is 2.16. The first kappa shape index (κ1) is 18.0. The molecule has 1 aromatic rings. The second kappa shape index (κ2) is 6.67. The first-order valence-electron chi connectivity index (χ1n) is 8.08. The number of carbonyl (C=O) groups is 2. The predicted octanol–water partition coefficient (Wildman–Crippen LogP) is 3.83. The summed E-state index contributed by atoms with van der Waals surface area (Å²) in [7, 11) is 1.55. The number of methoxy groups -OCH3 is 1. The number of hydrogen-bond acceptors (Lipinski definition) is 3. The van der Waals surface area contributed by atoms with Crippen LogP contribution in [0.15, 0.2) is 29.8 Å². The number of rotatable bonds is 5. The lowest BCUT2D eigenvalue weighted by Gasteiger charge is -2.13. The Morgan fingerprint density at radius 2 is 1.83 bits per heavy atom. The lowest BCUT2D eigenvalue weighted by molar-refractivity contribution is -0.118. The molecule has 0 aromatic heterocycles. The summed E-state index contributed by atoms with van der Waals surface area (Å²) in [5.41, 5.74) is 2.35. The molecule has 2 unspecified atom stereocenters. The van der Waals surface area contributed by atoms with Crippen LogP contribution < -0.4 is 15.4 Å². The molecule has 5 heteroatoms. The lowest BCUT2D eigenvalue weighted by atomic mass is 10.1. The molecule has 5 nitrogen and oxygen atoms in total. The van der Waals surface area contributed by atoms with Gasteiger partial charge in [0.15, 0.2) is 0 Å². The minimum atomic E-state index is -0.163. The molecule has 0 spiro atoms. The Morgan fingerprint density at radius 1 is 1.17 bits per heavy atom. The van der Waals surface area contributed by atoms with Crippen molar-refractivity contribution in [2.45, 2.75) is 34.6 Å². The molecule has 0 heterocycles. The quantitative estimate of drug-likeness (QED) is 0.806. The van der Waals surface area contributed by atoms with E-state index in [-0.39, 0.29) is 29.1 Å². The maximum absolute atomic E-state index is 12.7. The van der Waals surface area contributed by atoms with Crippen LogP contribution in [0, 0.1) is 17.3 Å². The van der Waals surface area contributed by atoms with Crippen molar-refractivity contribution >= 4 is 23.2 Å². The van der Waals surface area contributed by atoms with E-state index in [1.807, 2.05) is 13.8 Å². The fourth-order valence-electron chi connectivity index (χ4n) is 3.15. The Labute approximate surface area is 143 Å². The van der Waals surface area contributed by atoms with Crippen LogP contribution in [-0.2, 0) is 9.59 Å². The summed E-state index contributed by atoms with van der Waals surface area (Å²) < 4.78 is 5.31. The highest BCUT2D eigenvalue weighted by Gasteiger charge is 2.60. The zero-order valence-electron chi connectivity index (χ0n) is 15.2. The van der Waals surface area contributed by atoms with E-state index in [4.69, 9.17) is 4.74 Å². The Kier molecular flexibility index (Phi) is 5.02. The molecule has 2 amide bonds. The largest absolute Gasteiger partial charge is 0.495 e. The van der Waals surface area contributed by atoms with Gasteiger partial charge < -0.3 is 15.4 Å². The van der Waals surface area contributed by atoms with Crippen molar-refractivity contribution in [1.82, 2.24) is 0 Å². The van der Waals surface area contributed by atoms with Crippen LogP contribution in [0.4, 0.5) is 11.4 Å². The van der Waals surface area contributed by atoms with Gasteiger partial charge in [-0.1, -0.05) is 25.5 Å². The van der Waals surface area contributed by atoms with E-state index in [1.54, 1.807) is 25.3 Å². The average molecular weight is 330 g/mol. The smallest absolute Gasteiger partial charge is 0.228 e. The van der Waals surface area contributed by atoms with Gasteiger partial charge in [0.1, 0.15) is 5.75 Å². The fraction of sp³-hybridized carbons (Fsp3) is 0.474. The van der Waals surface area contributed by atoms with Crippen molar-refractivity contribution in [1.29, 1.82) is 0 Å². The molecule has 0 radical (unpaired) electrons. The standard InChI is InChI=1S/C19H26N2O3/c1-11(2)9-14-17(19(14,4)5)18(23)21-15-10-13(20-12(3)22)7-8-16(15)24-6/h7-10,14,17H,1-6H3,(H,20,22)(H,21,23). The minimum Gasteiger partial charge on any atom is -0.495 e. The Hall–Kier alpha value is -2.30. The topological polar surface area (TPSA) is 67.4 Å². The van der Waals surface area contributed by atoms with Gasteiger partial charge in [0.25, 0.3) is 0 Å². The highest BCUT2D eigenvalue weighted by atomic mass is 16.5. The molecule has 24 heavy (non-hydrogen) atoms. The maximum Gasteiger partial charge on any atom is 0.228 e. The molecular weight excluding hydrogens is 304 g/mol. The van der Waals surface area contributed by atoms with Crippen molar-refractivity contribution in [2.24, 2.45) is 17.3 Å². The predicted molar refractivity (Wildman–Crippen MR) is 96.1 cm³/mol. The van der Waals surface area contributed by atoms with Gasteiger partial charge in [0, 0.05) is 12.6 Å². The lowest BCUT2D eigenvalue weighted by Crippen LogP contribution is -2.17. The zero-order chi connectivity index (χ0) is 18.1. The molecule has 1 aliphatic rings. The van der Waals surface area contributed by atoms with E-state index in [9.17, 15) is 9.59 Å². The normalized spacial score (nSPS) is 20.8. The van der Waals surface area contributed by atoms with Gasteiger partial charge in [0.05, 0.1) is 18.7 Å². The summed E-state index contributed by atoms with van der Waals surface area (Å²) >= 11 is 0. The van der Waals surface area contributed by atoms with E-state index in [1.165, 1.54) is 12.5 Å². The zero-order valence-corrected chi connectivity index (χ0v) is 15.2. The van der Waals surface area contributed by atoms with Gasteiger partial charge in [-0.05, 0) is 43.4 Å². The number of ether oxygens (including phenoxy) is 1. The molecule has 0 bridgehead atoms. The molecule has 0 aliphatic heterocycles. The molecule has 1 aliphatic carbocycles. The highest BCUT2D eigenvalue weighted by molar-refractivity contribution is 5.98. The number of hydrogen-bond donors (Lipinski definition) is 2. The van der Waals surface area contributed by atoms with Crippen LogP contribution in [0.2, 0.25) is 0 Å². The van der Waals surface area contributed by atoms with Crippen molar-refractivity contribution in [3.05, 3.63) is 29.8 Å². The van der Waals surface area contributed by atoms with E-state index in [2.05, 4.69) is 30.6 Å². The van der Waals surface area contributed by atoms with E-state index in [0.717, 1.165) is 0 Å². The first-order chi connectivity index (χ1) is 11.2. The third kappa shape index (κ3) is 3.78. The van der Waals surface area contributed by atoms with Crippen LogP contribution in [0.3, 0.4) is 0 Å². The van der Waals surface area contributed by atoms with Crippen LogP contribution in [0.1, 0.15) is 34.6 Å². The van der Waals surface area contributed by atoms with Crippen molar-refractivity contribution in [3.63, 3.8) is 0 Å². The van der Waals surface area contributed by atoms with E-state index in [0.29, 0.717) is 17.1 Å². The molecule has 1 saturated carbocycles. The first-order valence-corrected chi connectivity index (χ1v) is 8.08. The summed E-state index contributed by atoms with van der Waals surface area (Å²) in [5, 5.41) is 5.66. The third-order valence-corrected chi connectivity index (χ3v) is 4.48. The van der Waals surface area contributed by atoms with Crippen molar-refractivity contribution in [2.75, 3.05) is 17.7 Å². The summed E-state index contributed by atoms with van der Waals surface area (Å²) in [5.74, 6) is 0.549. The van der Waals surface area contributed by atoms with Crippen molar-refractivity contribution < 1.29 is 14.3 Å². The fourth-order valence-corrected chi connectivity index (χ4v) is 3.15. The number of amides is 2. The van der Waals surface area contributed by atoms with Crippen LogP contribution in [0.5, 0.6) is 5.75 Å². The van der Waals surface area contributed by atoms with Gasteiger partial charge >= 0.3 is 0 Å². The molecule has 1 aromatic carbocycles. The number of anilines is 2. The summed E-state index contributed by atoms with van der Waals surface area (Å²) in [6.45, 7) is 9.74. The molecule has 130 valence electrons. The van der Waals surface area contributed by atoms with Crippen LogP contribution >= 0.6 is 0 Å². The van der Waals surface area contributed by atoms with Gasteiger partial charge in [-0.15, -0.1) is 0 Å². The molecule has 2 N–H and O–H groups in total. The molecular formula is C19H26N2O3. The SMILES string of the molecule is COc1ccc(NC(C)=O)cc1NC(=O)C1C(C=C(C)C)C1(C)C. The van der Waals surface area contributed by atoms with Gasteiger partial charge in [-0.3, -0.25) is 9.59 Å². The van der Waals surface area contributed by atoms with E-state index < -0.39 is 0 Å². The second-order valence-electron chi connectivity index (χ2n) is 7.15. The Morgan fingerprint density at radius 3 is 2.38 bits per heavy atom. The second-order valence-corrected chi connectivity index (χ2v) is 7.15. The minimum absolute atomic E-state index is 0.0271. The van der Waals surface area contributed by atoms with Crippen molar-refractivity contribution in [3.8, 4) is 5.75 Å². The van der Waals surface area contributed by atoms with Crippen LogP contribution in [-0.4, -0.2) is 18.9 Å². The molecule has 0 saturated heterocycles. The van der Waals surface area contributed by atoms with E-state index >= 15 is 0 Å². The molecule has 2 atom stereocenters. The number of allylic oxidation sites excluding steroid dienone is 2. The Balaban J connectivity index is 2.19. The highest BCUT2D eigenvalue weighted by Crippen LogP contribution is 2.59. The summed E-state index contributed by atoms with van der Waals surface area (Å²) in [6, 6.07) is 5.18.